The summed E-state index contributed by atoms with van der Waals surface area (Å²) < 4.78 is 13.0. The van der Waals surface area contributed by atoms with Gasteiger partial charge < -0.3 is 15.2 Å². The number of ether oxygens (including phenoxy) is 2. The monoisotopic (exact) mass is 419 g/mol. The first kappa shape index (κ1) is 13.5. The van der Waals surface area contributed by atoms with E-state index in [0.29, 0.717) is 17.2 Å². The molecule has 94 valence electrons. The first-order valence-electron chi connectivity index (χ1n) is 5.16. The summed E-state index contributed by atoms with van der Waals surface area (Å²) in [5, 5.41) is 0. The molecule has 2 rings (SSSR count). The number of hydrogen-bond donors (Lipinski definition) is 1. The molecule has 0 aliphatic rings. The van der Waals surface area contributed by atoms with E-state index in [2.05, 4.69) is 38.5 Å². The third kappa shape index (κ3) is 3.08. The lowest BCUT2D eigenvalue weighted by atomic mass is 10.3. The zero-order valence-corrected chi connectivity index (χ0v) is 13.4. The third-order valence-electron chi connectivity index (χ3n) is 2.33. The highest BCUT2D eigenvalue weighted by molar-refractivity contribution is 14.1. The maximum Gasteiger partial charge on any atom is 0.145 e. The predicted octanol–water partition coefficient (Wildman–Crippen LogP) is 4.44. The molecule has 0 saturated heterocycles. The van der Waals surface area contributed by atoms with Gasteiger partial charge in [-0.25, -0.2) is 0 Å². The van der Waals surface area contributed by atoms with Crippen LogP contribution in [-0.4, -0.2) is 7.11 Å². The second-order valence-corrected chi connectivity index (χ2v) is 5.66. The number of benzene rings is 2. The van der Waals surface area contributed by atoms with Crippen LogP contribution in [0.4, 0.5) is 5.69 Å². The molecule has 0 aliphatic heterocycles. The fourth-order valence-electron chi connectivity index (χ4n) is 1.44. The van der Waals surface area contributed by atoms with E-state index in [1.807, 2.05) is 24.3 Å². The number of hydrogen-bond acceptors (Lipinski definition) is 3. The molecule has 3 nitrogen and oxygen atoms in total. The maximum absolute atomic E-state index is 5.80. The fraction of sp³-hybridized carbons (Fsp3) is 0.0769. The van der Waals surface area contributed by atoms with Crippen molar-refractivity contribution in [2.24, 2.45) is 0 Å². The standard InChI is InChI=1S/C13H11BrINO2/c1-17-13-7-9(3-4-11(13)16)18-12-5-2-8(14)6-10(12)15/h2-7H,16H2,1H3. The Bertz CT molecular complexity index is 575. The highest BCUT2D eigenvalue weighted by atomic mass is 127. The molecular weight excluding hydrogens is 409 g/mol. The van der Waals surface area contributed by atoms with Gasteiger partial charge in [-0.3, -0.25) is 0 Å². The molecule has 0 aromatic heterocycles. The van der Waals surface area contributed by atoms with Gasteiger partial charge in [-0.15, -0.1) is 0 Å². The van der Waals surface area contributed by atoms with Gasteiger partial charge in [0.25, 0.3) is 0 Å². The van der Waals surface area contributed by atoms with Gasteiger partial charge >= 0.3 is 0 Å². The summed E-state index contributed by atoms with van der Waals surface area (Å²) in [6, 6.07) is 11.2. The Labute approximate surface area is 128 Å². The molecule has 5 heteroatoms. The van der Waals surface area contributed by atoms with Crippen molar-refractivity contribution in [1.29, 1.82) is 0 Å². The number of rotatable bonds is 3. The maximum atomic E-state index is 5.80. The normalized spacial score (nSPS) is 10.2. The van der Waals surface area contributed by atoms with Gasteiger partial charge in [0.2, 0.25) is 0 Å². The number of halogens is 2. The molecule has 0 fully saturated rings. The van der Waals surface area contributed by atoms with Crippen LogP contribution in [0.3, 0.4) is 0 Å². The molecule has 0 saturated carbocycles. The van der Waals surface area contributed by atoms with E-state index in [0.717, 1.165) is 13.8 Å². The van der Waals surface area contributed by atoms with Crippen LogP contribution in [0, 0.1) is 3.57 Å². The summed E-state index contributed by atoms with van der Waals surface area (Å²) in [6.07, 6.45) is 0. The zero-order valence-electron chi connectivity index (χ0n) is 9.61. The number of methoxy groups -OCH3 is 1. The van der Waals surface area contributed by atoms with Crippen LogP contribution in [0.5, 0.6) is 17.2 Å². The first-order chi connectivity index (χ1) is 8.60. The molecule has 0 aliphatic carbocycles. The molecule has 0 atom stereocenters. The highest BCUT2D eigenvalue weighted by Gasteiger charge is 2.06. The summed E-state index contributed by atoms with van der Waals surface area (Å²) in [5.74, 6) is 2.10. The minimum absolute atomic E-state index is 0.593. The molecule has 0 spiro atoms. The summed E-state index contributed by atoms with van der Waals surface area (Å²) in [5.41, 5.74) is 6.35. The lowest BCUT2D eigenvalue weighted by molar-refractivity contribution is 0.411. The quantitative estimate of drug-likeness (QED) is 0.590. The Balaban J connectivity index is 2.28. The van der Waals surface area contributed by atoms with E-state index in [9.17, 15) is 0 Å². The van der Waals surface area contributed by atoms with Gasteiger partial charge in [-0.2, -0.15) is 0 Å². The smallest absolute Gasteiger partial charge is 0.145 e. The molecular formula is C13H11BrINO2. The topological polar surface area (TPSA) is 44.5 Å². The molecule has 2 aromatic rings. The first-order valence-corrected chi connectivity index (χ1v) is 7.04. The van der Waals surface area contributed by atoms with E-state index in [1.54, 1.807) is 19.2 Å². The molecule has 0 unspecified atom stereocenters. The van der Waals surface area contributed by atoms with E-state index in [1.165, 1.54) is 0 Å². The van der Waals surface area contributed by atoms with E-state index >= 15 is 0 Å². The van der Waals surface area contributed by atoms with Crippen molar-refractivity contribution >= 4 is 44.2 Å². The molecule has 18 heavy (non-hydrogen) atoms. The Morgan fingerprint density at radius 2 is 1.89 bits per heavy atom. The Kier molecular flexibility index (Phi) is 4.34. The summed E-state index contributed by atoms with van der Waals surface area (Å²) >= 11 is 5.64. The van der Waals surface area contributed by atoms with Crippen molar-refractivity contribution < 1.29 is 9.47 Å². The molecule has 0 amide bonds. The Morgan fingerprint density at radius 1 is 1.11 bits per heavy atom. The minimum atomic E-state index is 0.593. The largest absolute Gasteiger partial charge is 0.494 e. The minimum Gasteiger partial charge on any atom is -0.494 e. The number of nitrogen functional groups attached to an aromatic ring is 1. The van der Waals surface area contributed by atoms with E-state index < -0.39 is 0 Å². The molecule has 2 aromatic carbocycles. The van der Waals surface area contributed by atoms with Crippen LogP contribution in [0.25, 0.3) is 0 Å². The summed E-state index contributed by atoms with van der Waals surface area (Å²) in [7, 11) is 1.58. The average molecular weight is 420 g/mol. The van der Waals surface area contributed by atoms with Crippen LogP contribution in [0.15, 0.2) is 40.9 Å². The van der Waals surface area contributed by atoms with Gasteiger partial charge in [-0.1, -0.05) is 15.9 Å². The van der Waals surface area contributed by atoms with E-state index in [4.69, 9.17) is 15.2 Å². The lowest BCUT2D eigenvalue weighted by Crippen LogP contribution is -1.93. The summed E-state index contributed by atoms with van der Waals surface area (Å²) in [4.78, 5) is 0. The van der Waals surface area contributed by atoms with Crippen molar-refractivity contribution in [1.82, 2.24) is 0 Å². The average Bonchev–Trinajstić information content (AvgIpc) is 2.35. The van der Waals surface area contributed by atoms with Gasteiger partial charge in [0.05, 0.1) is 16.4 Å². The van der Waals surface area contributed by atoms with Gasteiger partial charge in [0, 0.05) is 10.5 Å². The second-order valence-electron chi connectivity index (χ2n) is 3.58. The van der Waals surface area contributed by atoms with Crippen molar-refractivity contribution in [3.63, 3.8) is 0 Å². The van der Waals surface area contributed by atoms with Crippen molar-refractivity contribution in [3.05, 3.63) is 44.4 Å². The third-order valence-corrected chi connectivity index (χ3v) is 3.66. The van der Waals surface area contributed by atoms with E-state index in [-0.39, 0.29) is 0 Å². The molecule has 0 heterocycles. The van der Waals surface area contributed by atoms with Gasteiger partial charge in [-0.05, 0) is 52.9 Å². The Morgan fingerprint density at radius 3 is 2.56 bits per heavy atom. The van der Waals surface area contributed by atoms with Crippen LogP contribution in [0.1, 0.15) is 0 Å². The van der Waals surface area contributed by atoms with Crippen LogP contribution in [-0.2, 0) is 0 Å². The number of anilines is 1. The zero-order chi connectivity index (χ0) is 13.1. The number of nitrogens with two attached hydrogens (primary N) is 1. The van der Waals surface area contributed by atoms with Gasteiger partial charge in [0.15, 0.2) is 0 Å². The molecule has 0 bridgehead atoms. The van der Waals surface area contributed by atoms with Crippen molar-refractivity contribution in [2.75, 3.05) is 12.8 Å². The highest BCUT2D eigenvalue weighted by Crippen LogP contribution is 2.32. The van der Waals surface area contributed by atoms with Crippen LogP contribution in [0.2, 0.25) is 0 Å². The molecule has 0 radical (unpaired) electrons. The van der Waals surface area contributed by atoms with Crippen molar-refractivity contribution in [2.45, 2.75) is 0 Å². The second kappa shape index (κ2) is 5.79. The Hall–Kier alpha value is -0.950. The fourth-order valence-corrected chi connectivity index (χ4v) is 2.85. The predicted molar refractivity (Wildman–Crippen MR) is 84.3 cm³/mol. The van der Waals surface area contributed by atoms with Crippen molar-refractivity contribution in [3.8, 4) is 17.2 Å². The van der Waals surface area contributed by atoms with Crippen LogP contribution >= 0.6 is 38.5 Å². The van der Waals surface area contributed by atoms with Crippen LogP contribution < -0.4 is 15.2 Å². The summed E-state index contributed by atoms with van der Waals surface area (Å²) in [6.45, 7) is 0. The lowest BCUT2D eigenvalue weighted by Gasteiger charge is -2.10. The molecule has 2 N–H and O–H groups in total. The SMILES string of the molecule is COc1cc(Oc2ccc(Br)cc2I)ccc1N. The van der Waals surface area contributed by atoms with Gasteiger partial charge in [0.1, 0.15) is 17.2 Å².